The van der Waals surface area contributed by atoms with Gasteiger partial charge >= 0.3 is 0 Å². The maximum absolute atomic E-state index is 13.2. The topological polar surface area (TPSA) is 96.3 Å². The number of hydrogen-bond donors (Lipinski definition) is 2. The van der Waals surface area contributed by atoms with Gasteiger partial charge in [0.1, 0.15) is 11.2 Å². The fourth-order valence-corrected chi connectivity index (χ4v) is 4.57. The highest BCUT2D eigenvalue weighted by molar-refractivity contribution is 6.05. The van der Waals surface area contributed by atoms with Crippen LogP contribution in [0.5, 0.6) is 0 Å². The van der Waals surface area contributed by atoms with Crippen molar-refractivity contribution in [1.29, 1.82) is 0 Å². The number of nitrogens with zero attached hydrogens (tertiary/aromatic N) is 3. The zero-order valence-electron chi connectivity index (χ0n) is 19.9. The molecule has 2 heterocycles. The van der Waals surface area contributed by atoms with Crippen molar-refractivity contribution in [2.24, 2.45) is 0 Å². The molecular weight excluding hydrogens is 418 g/mol. The van der Waals surface area contributed by atoms with Crippen LogP contribution in [0.4, 0.5) is 5.69 Å². The Labute approximate surface area is 194 Å². The van der Waals surface area contributed by atoms with Gasteiger partial charge in [0.25, 0.3) is 11.8 Å². The van der Waals surface area contributed by atoms with Crippen LogP contribution in [0.2, 0.25) is 0 Å². The molecule has 1 saturated carbocycles. The number of likely N-dealkylation sites (N-methyl/N-ethyl adjacent to an activating group) is 1. The molecule has 2 N–H and O–H groups in total. The molecule has 176 valence electrons. The van der Waals surface area contributed by atoms with Crippen LogP contribution in [0.1, 0.15) is 85.3 Å². The molecule has 0 spiro atoms. The Morgan fingerprint density at radius 1 is 1.12 bits per heavy atom. The first-order chi connectivity index (χ1) is 15.7. The Balaban J connectivity index is 1.50. The van der Waals surface area contributed by atoms with Crippen molar-refractivity contribution in [3.63, 3.8) is 0 Å². The van der Waals surface area contributed by atoms with Crippen molar-refractivity contribution in [2.75, 3.05) is 12.4 Å². The first-order valence-corrected chi connectivity index (χ1v) is 11.8. The van der Waals surface area contributed by atoms with E-state index in [2.05, 4.69) is 29.6 Å². The summed E-state index contributed by atoms with van der Waals surface area (Å²) in [5, 5.41) is 10.3. The van der Waals surface area contributed by atoms with E-state index in [1.54, 1.807) is 14.0 Å². The van der Waals surface area contributed by atoms with Crippen LogP contribution in [-0.2, 0) is 11.3 Å². The van der Waals surface area contributed by atoms with Crippen molar-refractivity contribution in [1.82, 2.24) is 20.0 Å². The molecule has 8 heteroatoms. The van der Waals surface area contributed by atoms with E-state index in [1.807, 2.05) is 24.3 Å². The van der Waals surface area contributed by atoms with E-state index in [0.29, 0.717) is 17.3 Å². The summed E-state index contributed by atoms with van der Waals surface area (Å²) in [6, 6.07) is 9.31. The minimum Gasteiger partial charge on any atom is -0.351 e. The lowest BCUT2D eigenvalue weighted by atomic mass is 9.92. The van der Waals surface area contributed by atoms with E-state index in [0.717, 1.165) is 25.7 Å². The third-order valence-corrected chi connectivity index (χ3v) is 7.00. The van der Waals surface area contributed by atoms with Crippen LogP contribution in [0.25, 0.3) is 0 Å². The van der Waals surface area contributed by atoms with Crippen molar-refractivity contribution in [3.8, 4) is 0 Å². The number of nitrogens with one attached hydrogen (secondary N) is 2. The average Bonchev–Trinajstić information content (AvgIpc) is 3.22. The number of amides is 3. The summed E-state index contributed by atoms with van der Waals surface area (Å²) in [5.41, 5.74) is 1.23. The van der Waals surface area contributed by atoms with Gasteiger partial charge in [0.05, 0.1) is 6.54 Å². The number of fused-ring (bicyclic) bond motifs is 1. The fourth-order valence-electron chi connectivity index (χ4n) is 4.57. The lowest BCUT2D eigenvalue weighted by molar-refractivity contribution is -0.133. The van der Waals surface area contributed by atoms with Crippen LogP contribution in [-0.4, -0.2) is 51.0 Å². The Morgan fingerprint density at radius 2 is 1.79 bits per heavy atom. The summed E-state index contributed by atoms with van der Waals surface area (Å²) in [6.07, 6.45) is 5.35. The lowest BCUT2D eigenvalue weighted by Crippen LogP contribution is -2.63. The Bertz CT molecular complexity index is 1050. The zero-order chi connectivity index (χ0) is 23.8. The molecule has 0 unspecified atom stereocenters. The summed E-state index contributed by atoms with van der Waals surface area (Å²) in [5.74, 6) is -0.488. The zero-order valence-corrected chi connectivity index (χ0v) is 19.9. The number of rotatable bonds is 5. The molecule has 33 heavy (non-hydrogen) atoms. The Kier molecular flexibility index (Phi) is 6.28. The van der Waals surface area contributed by atoms with Gasteiger partial charge in [0.2, 0.25) is 5.91 Å². The smallest absolute Gasteiger partial charge is 0.276 e. The van der Waals surface area contributed by atoms with Gasteiger partial charge in [-0.05, 0) is 43.4 Å². The number of carbonyl (C=O) groups excluding carboxylic acids is 3. The number of anilines is 1. The van der Waals surface area contributed by atoms with Gasteiger partial charge in [-0.3, -0.25) is 19.1 Å². The first-order valence-electron chi connectivity index (χ1n) is 11.8. The third kappa shape index (κ3) is 4.51. The fraction of sp³-hybridized carbons (Fsp3) is 0.520. The van der Waals surface area contributed by atoms with Crippen molar-refractivity contribution < 1.29 is 14.4 Å². The largest absolute Gasteiger partial charge is 0.351 e. The van der Waals surface area contributed by atoms with Gasteiger partial charge in [-0.15, -0.1) is 0 Å². The van der Waals surface area contributed by atoms with E-state index in [4.69, 9.17) is 0 Å². The highest BCUT2D eigenvalue weighted by atomic mass is 16.2. The number of aromatic nitrogens is 2. The second-order valence-electron chi connectivity index (χ2n) is 9.75. The molecule has 0 saturated heterocycles. The summed E-state index contributed by atoms with van der Waals surface area (Å²) in [4.78, 5) is 40.5. The van der Waals surface area contributed by atoms with Gasteiger partial charge in [0.15, 0.2) is 5.69 Å². The summed E-state index contributed by atoms with van der Waals surface area (Å²) in [6.45, 7) is 6.17. The quantitative estimate of drug-likeness (QED) is 0.727. The first kappa shape index (κ1) is 23.0. The molecule has 1 aromatic carbocycles. The molecule has 0 bridgehead atoms. The molecule has 1 fully saturated rings. The third-order valence-electron chi connectivity index (χ3n) is 7.00. The Hall–Kier alpha value is -3.16. The van der Waals surface area contributed by atoms with E-state index < -0.39 is 11.4 Å². The van der Waals surface area contributed by atoms with Crippen LogP contribution >= 0.6 is 0 Å². The molecule has 2 aromatic rings. The molecule has 1 atom stereocenters. The molecule has 8 nitrogen and oxygen atoms in total. The molecule has 2 aliphatic rings. The molecule has 4 rings (SSSR count). The molecule has 3 amide bonds. The average molecular weight is 452 g/mol. The summed E-state index contributed by atoms with van der Waals surface area (Å²) >= 11 is 0. The van der Waals surface area contributed by atoms with E-state index in [-0.39, 0.29) is 30.1 Å². The predicted octanol–water partition coefficient (Wildman–Crippen LogP) is 3.55. The highest BCUT2D eigenvalue weighted by Gasteiger charge is 2.46. The second kappa shape index (κ2) is 9.00. The SMILES string of the molecule is CC(C)c1ccc(NC(=O)c2cc3n(n2)C[C@](C)(C(=O)NC2CCCCC2)N(C)C3=O)cc1. The van der Waals surface area contributed by atoms with Gasteiger partial charge in [-0.2, -0.15) is 5.10 Å². The highest BCUT2D eigenvalue weighted by Crippen LogP contribution is 2.27. The van der Waals surface area contributed by atoms with E-state index >= 15 is 0 Å². The van der Waals surface area contributed by atoms with Gasteiger partial charge in [-0.25, -0.2) is 0 Å². The van der Waals surface area contributed by atoms with E-state index in [1.165, 1.54) is 27.6 Å². The molecule has 1 aliphatic carbocycles. The summed E-state index contributed by atoms with van der Waals surface area (Å²) < 4.78 is 1.49. The maximum Gasteiger partial charge on any atom is 0.276 e. The maximum atomic E-state index is 13.2. The lowest BCUT2D eigenvalue weighted by Gasteiger charge is -2.41. The molecule has 1 aliphatic heterocycles. The van der Waals surface area contributed by atoms with Crippen LogP contribution in [0.15, 0.2) is 30.3 Å². The number of benzene rings is 1. The standard InChI is InChI=1S/C25H33N5O3/c1-16(2)17-10-12-19(13-11-17)26-22(31)20-14-21-23(32)29(4)25(3,15-30(21)28-20)24(33)27-18-8-6-5-7-9-18/h10-14,16,18H,5-9,15H2,1-4H3,(H,26,31)(H,27,33)/t25-/m1/s1. The Morgan fingerprint density at radius 3 is 2.42 bits per heavy atom. The van der Waals surface area contributed by atoms with Crippen LogP contribution in [0.3, 0.4) is 0 Å². The predicted molar refractivity (Wildman–Crippen MR) is 126 cm³/mol. The van der Waals surface area contributed by atoms with Crippen molar-refractivity contribution in [3.05, 3.63) is 47.3 Å². The van der Waals surface area contributed by atoms with Gasteiger partial charge in [0, 0.05) is 24.8 Å². The molecule has 0 radical (unpaired) electrons. The normalized spacial score (nSPS) is 21.1. The summed E-state index contributed by atoms with van der Waals surface area (Å²) in [7, 11) is 1.63. The van der Waals surface area contributed by atoms with Crippen LogP contribution in [0, 0.1) is 0 Å². The van der Waals surface area contributed by atoms with Gasteiger partial charge < -0.3 is 15.5 Å². The molecular formula is C25H33N5O3. The minimum atomic E-state index is -1.08. The minimum absolute atomic E-state index is 0.147. The van der Waals surface area contributed by atoms with Gasteiger partial charge in [-0.1, -0.05) is 45.2 Å². The second-order valence-corrected chi connectivity index (χ2v) is 9.75. The molecule has 1 aromatic heterocycles. The van der Waals surface area contributed by atoms with Crippen molar-refractivity contribution >= 4 is 23.4 Å². The monoisotopic (exact) mass is 451 g/mol. The van der Waals surface area contributed by atoms with E-state index in [9.17, 15) is 14.4 Å². The van der Waals surface area contributed by atoms with Crippen molar-refractivity contribution in [2.45, 2.75) is 76.9 Å². The number of hydrogen-bond acceptors (Lipinski definition) is 4. The number of carbonyl (C=O) groups is 3. The van der Waals surface area contributed by atoms with Crippen LogP contribution < -0.4 is 10.6 Å².